The molecule has 0 saturated carbocycles. The van der Waals surface area contributed by atoms with Gasteiger partial charge in [0.1, 0.15) is 0 Å². The average molecular weight is 348 g/mol. The highest BCUT2D eigenvalue weighted by molar-refractivity contribution is 8.00. The second kappa shape index (κ2) is 7.09. The molecule has 0 unspecified atom stereocenters. The number of halogens is 2. The molecule has 1 fully saturated rings. The molecule has 1 aromatic rings. The number of nitrogens with two attached hydrogens (primary N) is 1. The van der Waals surface area contributed by atoms with Crippen molar-refractivity contribution < 1.29 is 5.21 Å². The quantitative estimate of drug-likeness (QED) is 0.379. The van der Waals surface area contributed by atoms with E-state index in [4.69, 9.17) is 34.1 Å². The standard InChI is InChI=1S/C14H19Cl2N3OS/c1-21-14(13(17)18-20)5-7-19(8-6-14)9-10-11(15)3-2-4-12(10)16/h2-4,20H,5-9H2,1H3,(H2,17,18). The Labute approximate surface area is 139 Å². The summed E-state index contributed by atoms with van der Waals surface area (Å²) in [6.07, 6.45) is 3.68. The first-order valence-electron chi connectivity index (χ1n) is 6.71. The van der Waals surface area contributed by atoms with Gasteiger partial charge in [-0.05, 0) is 31.2 Å². The Bertz CT molecular complexity index is 511. The van der Waals surface area contributed by atoms with Crippen LogP contribution in [0.2, 0.25) is 10.0 Å². The monoisotopic (exact) mass is 347 g/mol. The van der Waals surface area contributed by atoms with Gasteiger partial charge >= 0.3 is 0 Å². The van der Waals surface area contributed by atoms with E-state index >= 15 is 0 Å². The maximum absolute atomic E-state index is 8.96. The van der Waals surface area contributed by atoms with Crippen LogP contribution in [0.25, 0.3) is 0 Å². The first-order valence-corrected chi connectivity index (χ1v) is 8.69. The highest BCUT2D eigenvalue weighted by Crippen LogP contribution is 2.36. The van der Waals surface area contributed by atoms with E-state index in [1.807, 2.05) is 24.5 Å². The van der Waals surface area contributed by atoms with Gasteiger partial charge in [-0.15, -0.1) is 0 Å². The van der Waals surface area contributed by atoms with Crippen molar-refractivity contribution in [3.05, 3.63) is 33.8 Å². The summed E-state index contributed by atoms with van der Waals surface area (Å²) in [7, 11) is 0. The Kier molecular flexibility index (Phi) is 5.66. The fourth-order valence-electron chi connectivity index (χ4n) is 2.64. The molecule has 1 heterocycles. The Morgan fingerprint density at radius 2 is 1.95 bits per heavy atom. The number of oxime groups is 1. The molecule has 0 aromatic heterocycles. The van der Waals surface area contributed by atoms with Gasteiger partial charge in [-0.25, -0.2) is 0 Å². The van der Waals surface area contributed by atoms with E-state index in [9.17, 15) is 0 Å². The zero-order valence-electron chi connectivity index (χ0n) is 11.9. The summed E-state index contributed by atoms with van der Waals surface area (Å²) >= 11 is 14.1. The van der Waals surface area contributed by atoms with Gasteiger partial charge in [-0.2, -0.15) is 11.8 Å². The molecular formula is C14H19Cl2N3OS. The number of nitrogens with zero attached hydrogens (tertiary/aromatic N) is 2. The molecule has 3 N–H and O–H groups in total. The van der Waals surface area contributed by atoms with Crippen molar-refractivity contribution in [2.45, 2.75) is 24.1 Å². The lowest BCUT2D eigenvalue weighted by molar-refractivity contribution is 0.209. The predicted molar refractivity (Wildman–Crippen MR) is 90.6 cm³/mol. The molecule has 0 aliphatic carbocycles. The SMILES string of the molecule is CSC1(C(N)=NO)CCN(Cc2c(Cl)cccc2Cl)CC1. The van der Waals surface area contributed by atoms with Crippen LogP contribution in [0, 0.1) is 0 Å². The van der Waals surface area contributed by atoms with E-state index < -0.39 is 0 Å². The Morgan fingerprint density at radius 3 is 2.43 bits per heavy atom. The van der Waals surface area contributed by atoms with Crippen molar-refractivity contribution in [2.75, 3.05) is 19.3 Å². The normalized spacial score (nSPS) is 19.7. The Morgan fingerprint density at radius 1 is 1.38 bits per heavy atom. The number of amidine groups is 1. The van der Waals surface area contributed by atoms with Crippen LogP contribution in [0.3, 0.4) is 0 Å². The summed E-state index contributed by atoms with van der Waals surface area (Å²) in [6.45, 7) is 2.44. The third kappa shape index (κ3) is 3.59. The molecule has 0 spiro atoms. The maximum atomic E-state index is 8.96. The number of thioether (sulfide) groups is 1. The van der Waals surface area contributed by atoms with Gasteiger partial charge in [0, 0.05) is 35.2 Å². The van der Waals surface area contributed by atoms with Crippen LogP contribution in [0.1, 0.15) is 18.4 Å². The molecule has 0 bridgehead atoms. The Hall–Kier alpha value is -0.620. The highest BCUT2D eigenvalue weighted by atomic mass is 35.5. The van der Waals surface area contributed by atoms with Crippen molar-refractivity contribution in [1.29, 1.82) is 0 Å². The molecule has 1 aliphatic heterocycles. The van der Waals surface area contributed by atoms with Crippen LogP contribution in [-0.2, 0) is 6.54 Å². The molecule has 1 aliphatic rings. The van der Waals surface area contributed by atoms with Crippen LogP contribution in [-0.4, -0.2) is 40.0 Å². The van der Waals surface area contributed by atoms with Gasteiger partial charge in [0.2, 0.25) is 0 Å². The first kappa shape index (κ1) is 16.7. The number of piperidine rings is 1. The number of rotatable bonds is 4. The molecule has 116 valence electrons. The molecule has 0 amide bonds. The summed E-state index contributed by atoms with van der Waals surface area (Å²) in [6, 6.07) is 5.56. The average Bonchev–Trinajstić information content (AvgIpc) is 2.51. The number of hydrogen-bond donors (Lipinski definition) is 2. The molecule has 0 radical (unpaired) electrons. The summed E-state index contributed by atoms with van der Waals surface area (Å²) < 4.78 is -0.268. The van der Waals surface area contributed by atoms with Crippen LogP contribution in [0.4, 0.5) is 0 Å². The minimum Gasteiger partial charge on any atom is -0.409 e. The van der Waals surface area contributed by atoms with E-state index in [-0.39, 0.29) is 4.75 Å². The minimum atomic E-state index is -0.268. The zero-order valence-corrected chi connectivity index (χ0v) is 14.2. The van der Waals surface area contributed by atoms with Gasteiger partial charge in [0.05, 0.1) is 4.75 Å². The van der Waals surface area contributed by atoms with Gasteiger partial charge in [-0.3, -0.25) is 4.90 Å². The summed E-state index contributed by atoms with van der Waals surface area (Å²) in [5.41, 5.74) is 6.82. The van der Waals surface area contributed by atoms with E-state index in [0.717, 1.165) is 38.0 Å². The Balaban J connectivity index is 2.05. The number of likely N-dealkylation sites (tertiary alicyclic amines) is 1. The maximum Gasteiger partial charge on any atom is 0.155 e. The molecule has 21 heavy (non-hydrogen) atoms. The predicted octanol–water partition coefficient (Wildman–Crippen LogP) is 3.44. The lowest BCUT2D eigenvalue weighted by Crippen LogP contribution is -2.49. The van der Waals surface area contributed by atoms with Crippen molar-refractivity contribution in [1.82, 2.24) is 4.90 Å². The largest absolute Gasteiger partial charge is 0.409 e. The lowest BCUT2D eigenvalue weighted by Gasteiger charge is -2.39. The third-order valence-electron chi connectivity index (χ3n) is 4.07. The summed E-state index contributed by atoms with van der Waals surface area (Å²) in [5, 5.41) is 13.6. The molecule has 0 atom stereocenters. The molecule has 4 nitrogen and oxygen atoms in total. The molecule has 1 saturated heterocycles. The van der Waals surface area contributed by atoms with E-state index in [0.29, 0.717) is 15.9 Å². The molecular weight excluding hydrogens is 329 g/mol. The van der Waals surface area contributed by atoms with E-state index in [1.54, 1.807) is 11.8 Å². The van der Waals surface area contributed by atoms with Gasteiger partial charge < -0.3 is 10.9 Å². The zero-order chi connectivity index (χ0) is 15.5. The number of benzene rings is 1. The summed E-state index contributed by atoms with van der Waals surface area (Å²) in [4.78, 5) is 2.30. The molecule has 1 aromatic carbocycles. The van der Waals surface area contributed by atoms with Gasteiger partial charge in [0.15, 0.2) is 5.84 Å². The smallest absolute Gasteiger partial charge is 0.155 e. The van der Waals surface area contributed by atoms with Crippen molar-refractivity contribution in [2.24, 2.45) is 10.9 Å². The van der Waals surface area contributed by atoms with E-state index in [2.05, 4.69) is 10.1 Å². The van der Waals surface area contributed by atoms with Crippen molar-refractivity contribution in [3.63, 3.8) is 0 Å². The fourth-order valence-corrected chi connectivity index (χ4v) is 3.99. The van der Waals surface area contributed by atoms with Crippen molar-refractivity contribution in [3.8, 4) is 0 Å². The summed E-state index contributed by atoms with van der Waals surface area (Å²) in [5.74, 6) is 0.311. The van der Waals surface area contributed by atoms with E-state index in [1.165, 1.54) is 0 Å². The second-order valence-electron chi connectivity index (χ2n) is 5.16. The van der Waals surface area contributed by atoms with Crippen LogP contribution in [0.15, 0.2) is 23.4 Å². The van der Waals surface area contributed by atoms with Crippen LogP contribution in [0.5, 0.6) is 0 Å². The topological polar surface area (TPSA) is 61.9 Å². The van der Waals surface area contributed by atoms with Gasteiger partial charge in [0.25, 0.3) is 0 Å². The van der Waals surface area contributed by atoms with Gasteiger partial charge in [-0.1, -0.05) is 34.4 Å². The first-order chi connectivity index (χ1) is 10.0. The lowest BCUT2D eigenvalue weighted by atomic mass is 9.94. The number of hydrogen-bond acceptors (Lipinski definition) is 4. The molecule has 2 rings (SSSR count). The van der Waals surface area contributed by atoms with Crippen LogP contribution >= 0.6 is 35.0 Å². The van der Waals surface area contributed by atoms with Crippen LogP contribution < -0.4 is 5.73 Å². The third-order valence-corrected chi connectivity index (χ3v) is 6.18. The fraction of sp³-hybridized carbons (Fsp3) is 0.500. The van der Waals surface area contributed by atoms with Crippen molar-refractivity contribution >= 4 is 40.8 Å². The minimum absolute atomic E-state index is 0.268. The molecule has 7 heteroatoms. The highest BCUT2D eigenvalue weighted by Gasteiger charge is 2.38. The second-order valence-corrected chi connectivity index (χ2v) is 7.16.